The summed E-state index contributed by atoms with van der Waals surface area (Å²) in [4.78, 5) is 37.5. The lowest BCUT2D eigenvalue weighted by Gasteiger charge is -2.20. The predicted octanol–water partition coefficient (Wildman–Crippen LogP) is 6.27. The molecule has 1 aromatic carbocycles. The maximum Gasteiger partial charge on any atom is 0.348 e. The third-order valence-corrected chi connectivity index (χ3v) is 6.75. The van der Waals surface area contributed by atoms with Gasteiger partial charge in [-0.05, 0) is 71.8 Å². The number of carbonyl (C=O) groups excluding carboxylic acids is 3. The number of nitrogens with one attached hydrogen (secondary N) is 1. The average Bonchev–Trinajstić information content (AvgIpc) is 3.07. The molecule has 7 nitrogen and oxygen atoms in total. The topological polar surface area (TPSA) is 90.9 Å². The standard InChI is InChI=1S/C25H32BrNO6S/c1-7-31-23(29)20-15(3)21(24(30)32-8-2)34-22(20)27-19(28)10-9-13-33-18-12-11-16(14-17(18)26)25(4,5)6/h11-12,14H,7-10,13H2,1-6H3,(H,27,28). The van der Waals surface area contributed by atoms with Crippen LogP contribution in [0.25, 0.3) is 0 Å². The quantitative estimate of drug-likeness (QED) is 0.275. The molecule has 0 aliphatic heterocycles. The lowest BCUT2D eigenvalue weighted by atomic mass is 9.87. The first-order valence-electron chi connectivity index (χ1n) is 11.2. The van der Waals surface area contributed by atoms with Gasteiger partial charge in [-0.3, -0.25) is 4.79 Å². The normalized spacial score (nSPS) is 11.1. The van der Waals surface area contributed by atoms with E-state index in [1.165, 1.54) is 5.56 Å². The molecule has 34 heavy (non-hydrogen) atoms. The molecule has 2 aromatic rings. The number of esters is 2. The number of hydrogen-bond donors (Lipinski definition) is 1. The van der Waals surface area contributed by atoms with E-state index < -0.39 is 11.9 Å². The maximum atomic E-state index is 12.6. The average molecular weight is 555 g/mol. The SMILES string of the molecule is CCOC(=O)c1sc(NC(=O)CCCOc2ccc(C(C)(C)C)cc2Br)c(C(=O)OCC)c1C. The highest BCUT2D eigenvalue weighted by molar-refractivity contribution is 9.10. The number of thiophene rings is 1. The van der Waals surface area contributed by atoms with Gasteiger partial charge in [0.2, 0.25) is 5.91 Å². The molecule has 1 heterocycles. The summed E-state index contributed by atoms with van der Waals surface area (Å²) in [5, 5.41) is 3.03. The summed E-state index contributed by atoms with van der Waals surface area (Å²) in [7, 11) is 0. The largest absolute Gasteiger partial charge is 0.492 e. The van der Waals surface area contributed by atoms with Crippen LogP contribution in [0.2, 0.25) is 0 Å². The highest BCUT2D eigenvalue weighted by Crippen LogP contribution is 2.35. The summed E-state index contributed by atoms with van der Waals surface area (Å²) < 4.78 is 16.9. The molecule has 0 unspecified atom stereocenters. The van der Waals surface area contributed by atoms with E-state index in [-0.39, 0.29) is 46.4 Å². The Kier molecular flexibility index (Phi) is 10.1. The predicted molar refractivity (Wildman–Crippen MR) is 137 cm³/mol. The fourth-order valence-electron chi connectivity index (χ4n) is 3.13. The molecular formula is C25H32BrNO6S. The van der Waals surface area contributed by atoms with Crippen molar-refractivity contribution in [1.29, 1.82) is 0 Å². The van der Waals surface area contributed by atoms with Crippen LogP contribution in [-0.2, 0) is 19.7 Å². The summed E-state index contributed by atoms with van der Waals surface area (Å²) in [5.74, 6) is -0.694. The van der Waals surface area contributed by atoms with E-state index in [9.17, 15) is 14.4 Å². The van der Waals surface area contributed by atoms with Gasteiger partial charge in [-0.1, -0.05) is 26.8 Å². The van der Waals surface area contributed by atoms with E-state index in [2.05, 4.69) is 42.0 Å². The Morgan fingerprint density at radius 1 is 1.06 bits per heavy atom. The minimum atomic E-state index is -0.589. The van der Waals surface area contributed by atoms with Crippen LogP contribution < -0.4 is 10.1 Å². The first kappa shape index (κ1) is 27.9. The zero-order valence-corrected chi connectivity index (χ0v) is 22.9. The van der Waals surface area contributed by atoms with Crippen molar-refractivity contribution in [3.05, 3.63) is 44.2 Å². The Morgan fingerprint density at radius 3 is 2.29 bits per heavy atom. The molecule has 2 rings (SSSR count). The molecule has 0 fully saturated rings. The fourth-order valence-corrected chi connectivity index (χ4v) is 4.73. The van der Waals surface area contributed by atoms with Gasteiger partial charge < -0.3 is 19.5 Å². The van der Waals surface area contributed by atoms with Crippen molar-refractivity contribution in [2.45, 2.75) is 59.8 Å². The number of benzene rings is 1. The number of anilines is 1. The molecule has 0 atom stereocenters. The third-order valence-electron chi connectivity index (χ3n) is 4.94. The highest BCUT2D eigenvalue weighted by atomic mass is 79.9. The Labute approximate surface area is 213 Å². The van der Waals surface area contributed by atoms with E-state index in [1.54, 1.807) is 20.8 Å². The molecule has 0 saturated heterocycles. The van der Waals surface area contributed by atoms with Crippen molar-refractivity contribution in [2.24, 2.45) is 0 Å². The Bertz CT molecular complexity index is 1040. The second-order valence-electron chi connectivity index (χ2n) is 8.60. The van der Waals surface area contributed by atoms with Crippen LogP contribution in [0, 0.1) is 6.92 Å². The number of rotatable bonds is 10. The van der Waals surface area contributed by atoms with Crippen molar-refractivity contribution in [3.63, 3.8) is 0 Å². The fraction of sp³-hybridized carbons (Fsp3) is 0.480. The van der Waals surface area contributed by atoms with E-state index in [0.29, 0.717) is 24.3 Å². The lowest BCUT2D eigenvalue weighted by molar-refractivity contribution is -0.116. The molecule has 0 aliphatic carbocycles. The van der Waals surface area contributed by atoms with Gasteiger partial charge in [0, 0.05) is 6.42 Å². The molecular weight excluding hydrogens is 522 g/mol. The molecule has 0 spiro atoms. The number of hydrogen-bond acceptors (Lipinski definition) is 7. The second kappa shape index (κ2) is 12.4. The van der Waals surface area contributed by atoms with Gasteiger partial charge in [0.15, 0.2) is 0 Å². The van der Waals surface area contributed by atoms with E-state index in [4.69, 9.17) is 14.2 Å². The summed E-state index contributed by atoms with van der Waals surface area (Å²) in [5.41, 5.74) is 1.85. The van der Waals surface area contributed by atoms with Gasteiger partial charge in [0.1, 0.15) is 15.6 Å². The molecule has 1 aromatic heterocycles. The van der Waals surface area contributed by atoms with E-state index in [0.717, 1.165) is 15.8 Å². The van der Waals surface area contributed by atoms with Crippen LogP contribution >= 0.6 is 27.3 Å². The highest BCUT2D eigenvalue weighted by Gasteiger charge is 2.27. The van der Waals surface area contributed by atoms with Crippen molar-refractivity contribution < 1.29 is 28.6 Å². The summed E-state index contributed by atoms with van der Waals surface area (Å²) >= 11 is 4.56. The second-order valence-corrected chi connectivity index (χ2v) is 10.5. The van der Waals surface area contributed by atoms with Gasteiger partial charge in [-0.25, -0.2) is 9.59 Å². The van der Waals surface area contributed by atoms with E-state index in [1.807, 2.05) is 18.2 Å². The van der Waals surface area contributed by atoms with Crippen LogP contribution in [0.1, 0.15) is 78.6 Å². The van der Waals surface area contributed by atoms with Gasteiger partial charge >= 0.3 is 11.9 Å². The number of halogens is 1. The smallest absolute Gasteiger partial charge is 0.348 e. The third kappa shape index (κ3) is 7.30. The number of carbonyl (C=O) groups is 3. The molecule has 9 heteroatoms. The minimum absolute atomic E-state index is 0.0365. The lowest BCUT2D eigenvalue weighted by Crippen LogP contribution is -2.15. The summed E-state index contributed by atoms with van der Waals surface area (Å²) in [6.07, 6.45) is 0.661. The summed E-state index contributed by atoms with van der Waals surface area (Å²) in [6.45, 7) is 12.2. The number of amides is 1. The molecule has 0 aliphatic rings. The Balaban J connectivity index is 2.01. The van der Waals surface area contributed by atoms with Crippen LogP contribution in [0.15, 0.2) is 22.7 Å². The van der Waals surface area contributed by atoms with Crippen molar-refractivity contribution in [2.75, 3.05) is 25.1 Å². The zero-order valence-electron chi connectivity index (χ0n) is 20.5. The van der Waals surface area contributed by atoms with Gasteiger partial charge in [-0.2, -0.15) is 0 Å². The first-order chi connectivity index (χ1) is 16.0. The molecule has 0 bridgehead atoms. The zero-order chi connectivity index (χ0) is 25.5. The van der Waals surface area contributed by atoms with Crippen LogP contribution in [-0.4, -0.2) is 37.7 Å². The molecule has 0 saturated carbocycles. The van der Waals surface area contributed by atoms with Crippen LogP contribution in [0.3, 0.4) is 0 Å². The van der Waals surface area contributed by atoms with Crippen molar-refractivity contribution in [1.82, 2.24) is 0 Å². The molecule has 1 N–H and O–H groups in total. The monoisotopic (exact) mass is 553 g/mol. The van der Waals surface area contributed by atoms with Gasteiger partial charge in [0.25, 0.3) is 0 Å². The molecule has 186 valence electrons. The molecule has 1 amide bonds. The minimum Gasteiger partial charge on any atom is -0.492 e. The van der Waals surface area contributed by atoms with Gasteiger partial charge in [-0.15, -0.1) is 11.3 Å². The number of ether oxygens (including phenoxy) is 3. The Morgan fingerprint density at radius 2 is 1.71 bits per heavy atom. The Hall–Kier alpha value is -2.39. The first-order valence-corrected chi connectivity index (χ1v) is 12.8. The maximum absolute atomic E-state index is 12.6. The van der Waals surface area contributed by atoms with Crippen LogP contribution in [0.5, 0.6) is 5.75 Å². The van der Waals surface area contributed by atoms with E-state index >= 15 is 0 Å². The van der Waals surface area contributed by atoms with Gasteiger partial charge in [0.05, 0.1) is 29.9 Å². The van der Waals surface area contributed by atoms with Crippen LogP contribution in [0.4, 0.5) is 5.00 Å². The van der Waals surface area contributed by atoms with Crippen molar-refractivity contribution in [3.8, 4) is 5.75 Å². The molecule has 0 radical (unpaired) electrons. The summed E-state index contributed by atoms with van der Waals surface area (Å²) in [6, 6.07) is 5.99. The van der Waals surface area contributed by atoms with Crippen molar-refractivity contribution >= 4 is 50.1 Å².